The topological polar surface area (TPSA) is 80.9 Å². The molecule has 0 spiro atoms. The quantitative estimate of drug-likeness (QED) is 0.208. The molecule has 2 fully saturated rings. The average molecular weight is 453 g/mol. The van der Waals surface area contributed by atoms with E-state index in [0.717, 1.165) is 77.0 Å². The number of aliphatic hydroxyl groups is 4. The van der Waals surface area contributed by atoms with Crippen LogP contribution in [0, 0.1) is 34.5 Å². The van der Waals surface area contributed by atoms with Crippen LogP contribution < -0.4 is 0 Å². The van der Waals surface area contributed by atoms with Gasteiger partial charge in [0, 0.05) is 25.0 Å². The number of hydrogen-bond donors (Lipinski definition) is 4. The predicted molar refractivity (Wildman–Crippen MR) is 132 cm³/mol. The molecule has 188 valence electrons. The molecule has 0 heterocycles. The first-order valence-corrected chi connectivity index (χ1v) is 13.3. The lowest BCUT2D eigenvalue weighted by molar-refractivity contribution is 0.0951. The second kappa shape index (κ2) is 12.9. The van der Waals surface area contributed by atoms with Crippen LogP contribution >= 0.6 is 0 Å². The third-order valence-electron chi connectivity index (χ3n) is 8.40. The van der Waals surface area contributed by atoms with E-state index < -0.39 is 0 Å². The lowest BCUT2D eigenvalue weighted by atomic mass is 9.86. The Bertz CT molecular complexity index is 508. The molecule has 6 atom stereocenters. The molecule has 32 heavy (non-hydrogen) atoms. The van der Waals surface area contributed by atoms with Crippen LogP contribution in [0.5, 0.6) is 0 Å². The van der Waals surface area contributed by atoms with Crippen molar-refractivity contribution in [1.29, 1.82) is 0 Å². The van der Waals surface area contributed by atoms with Crippen molar-refractivity contribution in [3.05, 3.63) is 12.2 Å². The molecule has 2 saturated carbocycles. The fourth-order valence-electron chi connectivity index (χ4n) is 5.71. The SMILES string of the molecule is CC(C)(CO)CCCCC1CCC(C=CC2CCC(CCCCC(C)(C)CO)C2O)C1O. The van der Waals surface area contributed by atoms with Crippen molar-refractivity contribution in [3.63, 3.8) is 0 Å². The molecule has 6 unspecified atom stereocenters. The van der Waals surface area contributed by atoms with Crippen molar-refractivity contribution in [3.8, 4) is 0 Å². The van der Waals surface area contributed by atoms with Gasteiger partial charge in [0.1, 0.15) is 0 Å². The highest BCUT2D eigenvalue weighted by atomic mass is 16.3. The van der Waals surface area contributed by atoms with Crippen molar-refractivity contribution < 1.29 is 20.4 Å². The van der Waals surface area contributed by atoms with E-state index in [1.54, 1.807) is 0 Å². The van der Waals surface area contributed by atoms with E-state index in [9.17, 15) is 20.4 Å². The summed E-state index contributed by atoms with van der Waals surface area (Å²) in [6.45, 7) is 8.91. The predicted octanol–water partition coefficient (Wildman–Crippen LogP) is 5.47. The van der Waals surface area contributed by atoms with Gasteiger partial charge in [-0.3, -0.25) is 0 Å². The van der Waals surface area contributed by atoms with Gasteiger partial charge < -0.3 is 20.4 Å². The van der Waals surface area contributed by atoms with Gasteiger partial charge >= 0.3 is 0 Å². The lowest BCUT2D eigenvalue weighted by Crippen LogP contribution is -2.22. The summed E-state index contributed by atoms with van der Waals surface area (Å²) in [6.07, 6.45) is 16.9. The molecular weight excluding hydrogens is 400 g/mol. The van der Waals surface area contributed by atoms with Crippen LogP contribution in [0.3, 0.4) is 0 Å². The van der Waals surface area contributed by atoms with Crippen molar-refractivity contribution >= 4 is 0 Å². The van der Waals surface area contributed by atoms with E-state index in [1.807, 2.05) is 0 Å². The summed E-state index contributed by atoms with van der Waals surface area (Å²) < 4.78 is 0. The molecule has 0 saturated heterocycles. The summed E-state index contributed by atoms with van der Waals surface area (Å²) in [6, 6.07) is 0. The van der Waals surface area contributed by atoms with Crippen LogP contribution in [0.2, 0.25) is 0 Å². The maximum absolute atomic E-state index is 10.8. The van der Waals surface area contributed by atoms with Gasteiger partial charge in [-0.1, -0.05) is 65.5 Å². The molecule has 2 aliphatic carbocycles. The molecule has 0 aromatic heterocycles. The zero-order chi connectivity index (χ0) is 23.8. The van der Waals surface area contributed by atoms with E-state index in [4.69, 9.17) is 0 Å². The molecule has 0 amide bonds. The molecule has 0 bridgehead atoms. The molecule has 0 aliphatic heterocycles. The largest absolute Gasteiger partial charge is 0.396 e. The Kier molecular flexibility index (Phi) is 11.2. The van der Waals surface area contributed by atoms with Crippen molar-refractivity contribution in [1.82, 2.24) is 0 Å². The molecule has 2 rings (SSSR count). The minimum absolute atomic E-state index is 0.00948. The van der Waals surface area contributed by atoms with Crippen LogP contribution in [0.15, 0.2) is 12.2 Å². The highest BCUT2D eigenvalue weighted by Crippen LogP contribution is 2.39. The molecule has 0 radical (unpaired) electrons. The average Bonchev–Trinajstić information content (AvgIpc) is 3.29. The monoisotopic (exact) mass is 452 g/mol. The Morgan fingerprint density at radius 1 is 0.625 bits per heavy atom. The molecule has 0 aromatic carbocycles. The van der Waals surface area contributed by atoms with Crippen LogP contribution in [0.25, 0.3) is 0 Å². The van der Waals surface area contributed by atoms with Crippen LogP contribution in [0.4, 0.5) is 0 Å². The van der Waals surface area contributed by atoms with Gasteiger partial charge in [-0.05, 0) is 74.0 Å². The Morgan fingerprint density at radius 3 is 1.34 bits per heavy atom. The van der Waals surface area contributed by atoms with Crippen molar-refractivity contribution in [2.24, 2.45) is 34.5 Å². The first kappa shape index (κ1) is 27.8. The Hall–Kier alpha value is -0.420. The highest BCUT2D eigenvalue weighted by Gasteiger charge is 2.35. The number of unbranched alkanes of at least 4 members (excludes halogenated alkanes) is 2. The van der Waals surface area contributed by atoms with Crippen LogP contribution in [-0.4, -0.2) is 45.8 Å². The van der Waals surface area contributed by atoms with Gasteiger partial charge in [0.15, 0.2) is 0 Å². The van der Waals surface area contributed by atoms with E-state index in [2.05, 4.69) is 39.8 Å². The van der Waals surface area contributed by atoms with E-state index >= 15 is 0 Å². The van der Waals surface area contributed by atoms with Crippen molar-refractivity contribution in [2.45, 2.75) is 117 Å². The summed E-state index contributed by atoms with van der Waals surface area (Å²) in [7, 11) is 0. The minimum Gasteiger partial charge on any atom is -0.396 e. The summed E-state index contributed by atoms with van der Waals surface area (Å²) in [4.78, 5) is 0. The number of rotatable bonds is 14. The van der Waals surface area contributed by atoms with Gasteiger partial charge in [-0.25, -0.2) is 0 Å². The second-order valence-corrected chi connectivity index (χ2v) is 12.5. The maximum Gasteiger partial charge on any atom is 0.0630 e. The van der Waals surface area contributed by atoms with Gasteiger partial charge in [0.2, 0.25) is 0 Å². The summed E-state index contributed by atoms with van der Waals surface area (Å²) >= 11 is 0. The highest BCUT2D eigenvalue weighted by molar-refractivity contribution is 5.04. The lowest BCUT2D eigenvalue weighted by Gasteiger charge is -2.23. The fourth-order valence-corrected chi connectivity index (χ4v) is 5.71. The van der Waals surface area contributed by atoms with Crippen molar-refractivity contribution in [2.75, 3.05) is 13.2 Å². The minimum atomic E-state index is -0.249. The molecule has 4 heteroatoms. The second-order valence-electron chi connectivity index (χ2n) is 12.5. The zero-order valence-corrected chi connectivity index (χ0v) is 21.3. The van der Waals surface area contributed by atoms with Gasteiger partial charge in [-0.15, -0.1) is 0 Å². The van der Waals surface area contributed by atoms with Gasteiger partial charge in [-0.2, -0.15) is 0 Å². The molecule has 0 aromatic rings. The molecule has 4 N–H and O–H groups in total. The Labute approximate surface area is 197 Å². The van der Waals surface area contributed by atoms with Crippen LogP contribution in [0.1, 0.15) is 105 Å². The first-order valence-electron chi connectivity index (χ1n) is 13.3. The standard InChI is InChI=1S/C28H52O4/c1-27(2,19-29)17-7-5-9-21-11-13-23(25(21)31)15-16-24-14-12-22(26(24)32)10-6-8-18-28(3,4)20-30/h15-16,21-26,29-32H,5-14,17-20H2,1-4H3. The summed E-state index contributed by atoms with van der Waals surface area (Å²) in [5.74, 6) is 1.26. The molecule has 4 nitrogen and oxygen atoms in total. The summed E-state index contributed by atoms with van der Waals surface area (Å²) in [5.41, 5.74) is 0.0190. The van der Waals surface area contributed by atoms with E-state index in [0.29, 0.717) is 11.8 Å². The Morgan fingerprint density at radius 2 is 1.00 bits per heavy atom. The third-order valence-corrected chi connectivity index (χ3v) is 8.40. The third kappa shape index (κ3) is 8.74. The van der Waals surface area contributed by atoms with E-state index in [-0.39, 0.29) is 48.1 Å². The number of aliphatic hydroxyl groups excluding tert-OH is 4. The zero-order valence-electron chi connectivity index (χ0n) is 21.3. The maximum atomic E-state index is 10.8. The van der Waals surface area contributed by atoms with E-state index in [1.165, 1.54) is 0 Å². The van der Waals surface area contributed by atoms with Gasteiger partial charge in [0.25, 0.3) is 0 Å². The number of hydrogen-bond acceptors (Lipinski definition) is 4. The van der Waals surface area contributed by atoms with Gasteiger partial charge in [0.05, 0.1) is 12.2 Å². The smallest absolute Gasteiger partial charge is 0.0630 e. The molecule has 2 aliphatic rings. The van der Waals surface area contributed by atoms with Crippen LogP contribution in [-0.2, 0) is 0 Å². The Balaban J connectivity index is 1.68. The summed E-state index contributed by atoms with van der Waals surface area (Å²) in [5, 5.41) is 40.4. The normalized spacial score (nSPS) is 31.8. The first-order chi connectivity index (χ1) is 15.1. The fraction of sp³-hybridized carbons (Fsp3) is 0.929. The molecular formula is C28H52O4.